The van der Waals surface area contributed by atoms with Gasteiger partial charge in [-0.15, -0.1) is 0 Å². The molecular weight excluding hydrogens is 284 g/mol. The Balaban J connectivity index is 2.42. The van der Waals surface area contributed by atoms with Crippen LogP contribution in [0, 0.1) is 10.8 Å². The highest BCUT2D eigenvalue weighted by Crippen LogP contribution is 2.51. The Morgan fingerprint density at radius 3 is 2.10 bits per heavy atom. The molecule has 3 N–H and O–H groups in total. The zero-order valence-corrected chi connectivity index (χ0v) is 14.1. The van der Waals surface area contributed by atoms with Gasteiger partial charge in [0.05, 0.1) is 10.7 Å². The number of anilines is 1. The van der Waals surface area contributed by atoms with E-state index in [9.17, 15) is 4.79 Å². The maximum Gasteiger partial charge on any atom is 0.243 e. The summed E-state index contributed by atoms with van der Waals surface area (Å²) in [6.07, 6.45) is 2.49. The summed E-state index contributed by atoms with van der Waals surface area (Å²) in [6, 6.07) is 7.49. The summed E-state index contributed by atoms with van der Waals surface area (Å²) < 4.78 is 0. The van der Waals surface area contributed by atoms with Crippen molar-refractivity contribution in [3.8, 4) is 0 Å². The lowest BCUT2D eigenvalue weighted by Gasteiger charge is -2.51. The zero-order chi connectivity index (χ0) is 15.9. The fourth-order valence-electron chi connectivity index (χ4n) is 4.26. The summed E-state index contributed by atoms with van der Waals surface area (Å²) in [5.41, 5.74) is 5.91. The van der Waals surface area contributed by atoms with Gasteiger partial charge in [-0.05, 0) is 42.2 Å². The largest absolute Gasteiger partial charge is 0.370 e. The molecule has 0 heterocycles. The highest BCUT2D eigenvalue weighted by atomic mass is 35.5. The summed E-state index contributed by atoms with van der Waals surface area (Å²) in [4.78, 5) is 12.3. The number of carbonyl (C=O) groups is 1. The van der Waals surface area contributed by atoms with E-state index in [1.165, 1.54) is 0 Å². The summed E-state index contributed by atoms with van der Waals surface area (Å²) in [5, 5.41) is 3.98. The lowest BCUT2D eigenvalue weighted by Crippen LogP contribution is -2.58. The molecule has 1 aliphatic carbocycles. The molecule has 21 heavy (non-hydrogen) atoms. The highest BCUT2D eigenvalue weighted by Gasteiger charge is 2.51. The van der Waals surface area contributed by atoms with Gasteiger partial charge < -0.3 is 11.1 Å². The van der Waals surface area contributed by atoms with Gasteiger partial charge in [0.15, 0.2) is 0 Å². The fraction of sp³-hybridized carbons (Fsp3) is 0.588. The molecule has 1 aromatic rings. The number of nitrogens with one attached hydrogen (secondary N) is 1. The van der Waals surface area contributed by atoms with E-state index in [-0.39, 0.29) is 16.7 Å². The monoisotopic (exact) mass is 308 g/mol. The smallest absolute Gasteiger partial charge is 0.243 e. The zero-order valence-electron chi connectivity index (χ0n) is 13.3. The van der Waals surface area contributed by atoms with Crippen molar-refractivity contribution >= 4 is 23.2 Å². The van der Waals surface area contributed by atoms with Crippen LogP contribution in [0.4, 0.5) is 5.69 Å². The number of hydrogen-bond donors (Lipinski definition) is 2. The molecule has 1 aromatic carbocycles. The molecule has 1 fully saturated rings. The molecule has 0 atom stereocenters. The van der Waals surface area contributed by atoms with Crippen LogP contribution in [0.2, 0.25) is 5.02 Å². The molecule has 0 unspecified atom stereocenters. The second kappa shape index (κ2) is 5.20. The van der Waals surface area contributed by atoms with Crippen molar-refractivity contribution in [1.29, 1.82) is 0 Å². The van der Waals surface area contributed by atoms with Crippen molar-refractivity contribution < 1.29 is 4.79 Å². The van der Waals surface area contributed by atoms with E-state index in [4.69, 9.17) is 17.3 Å². The molecule has 116 valence electrons. The van der Waals surface area contributed by atoms with E-state index in [1.54, 1.807) is 0 Å². The number of rotatable bonds is 3. The van der Waals surface area contributed by atoms with E-state index in [2.05, 4.69) is 33.0 Å². The van der Waals surface area contributed by atoms with Crippen LogP contribution in [-0.2, 0) is 4.79 Å². The van der Waals surface area contributed by atoms with Crippen molar-refractivity contribution in [3.63, 3.8) is 0 Å². The van der Waals surface area contributed by atoms with Crippen LogP contribution in [0.3, 0.4) is 0 Å². The lowest BCUT2D eigenvalue weighted by molar-refractivity contribution is -0.126. The quantitative estimate of drug-likeness (QED) is 0.878. The van der Waals surface area contributed by atoms with Gasteiger partial charge in [0, 0.05) is 0 Å². The first-order valence-electron chi connectivity index (χ1n) is 7.38. The van der Waals surface area contributed by atoms with Crippen LogP contribution in [0.25, 0.3) is 0 Å². The molecule has 0 radical (unpaired) electrons. The Morgan fingerprint density at radius 1 is 1.10 bits per heavy atom. The maximum atomic E-state index is 12.3. The summed E-state index contributed by atoms with van der Waals surface area (Å²) in [6.45, 7) is 8.78. The van der Waals surface area contributed by atoms with Crippen LogP contribution >= 0.6 is 11.6 Å². The maximum absolute atomic E-state index is 12.3. The van der Waals surface area contributed by atoms with E-state index >= 15 is 0 Å². The normalized spacial score (nSPS) is 22.5. The number of nitrogens with two attached hydrogens (primary N) is 1. The molecule has 2 rings (SSSR count). The van der Waals surface area contributed by atoms with Gasteiger partial charge >= 0.3 is 0 Å². The minimum atomic E-state index is -0.754. The summed E-state index contributed by atoms with van der Waals surface area (Å²) in [7, 11) is 0. The molecule has 0 spiro atoms. The van der Waals surface area contributed by atoms with Crippen molar-refractivity contribution in [1.82, 2.24) is 0 Å². The predicted molar refractivity (Wildman–Crippen MR) is 88.4 cm³/mol. The molecule has 0 aliphatic heterocycles. The number of carbonyl (C=O) groups excluding carboxylic acids is 1. The molecule has 1 aliphatic rings. The van der Waals surface area contributed by atoms with Crippen molar-refractivity contribution in [3.05, 3.63) is 29.3 Å². The van der Waals surface area contributed by atoms with Crippen molar-refractivity contribution in [2.45, 2.75) is 52.5 Å². The molecule has 1 amide bonds. The first-order chi connectivity index (χ1) is 9.55. The minimum absolute atomic E-state index is 0.0467. The van der Waals surface area contributed by atoms with Gasteiger partial charge in [-0.3, -0.25) is 4.79 Å². The van der Waals surface area contributed by atoms with E-state index in [1.807, 2.05) is 24.3 Å². The van der Waals surface area contributed by atoms with E-state index < -0.39 is 5.54 Å². The average Bonchev–Trinajstić information content (AvgIpc) is 2.27. The van der Waals surface area contributed by atoms with Crippen molar-refractivity contribution in [2.24, 2.45) is 16.6 Å². The van der Waals surface area contributed by atoms with Gasteiger partial charge in [0.2, 0.25) is 5.91 Å². The predicted octanol–water partition coefficient (Wildman–Crippen LogP) is 4.21. The number of hydrogen-bond acceptors (Lipinski definition) is 2. The average molecular weight is 309 g/mol. The third-order valence-electron chi connectivity index (χ3n) is 4.24. The number of halogens is 1. The minimum Gasteiger partial charge on any atom is -0.370 e. The standard InChI is InChI=1S/C17H25ClN2O/c1-15(2)9-16(3,4)11-17(10-15,14(19)21)20-13-8-6-5-7-12(13)18/h5-8,20H,9-11H2,1-4H3,(H2,19,21). The Kier molecular flexibility index (Phi) is 4.00. The van der Waals surface area contributed by atoms with E-state index in [0.717, 1.165) is 12.1 Å². The molecule has 0 aromatic heterocycles. The Labute approximate surface area is 132 Å². The van der Waals surface area contributed by atoms with Crippen LogP contribution in [0.5, 0.6) is 0 Å². The Hall–Kier alpha value is -1.22. The van der Waals surface area contributed by atoms with Gasteiger partial charge in [0.1, 0.15) is 5.54 Å². The second-order valence-corrected chi connectivity index (χ2v) is 8.32. The first kappa shape index (κ1) is 16.2. The molecule has 3 nitrogen and oxygen atoms in total. The first-order valence-corrected chi connectivity index (χ1v) is 7.76. The lowest BCUT2D eigenvalue weighted by atomic mass is 9.58. The molecule has 1 saturated carbocycles. The highest BCUT2D eigenvalue weighted by molar-refractivity contribution is 6.33. The number of amides is 1. The van der Waals surface area contributed by atoms with Gasteiger partial charge in [0.25, 0.3) is 0 Å². The number of benzene rings is 1. The van der Waals surface area contributed by atoms with Gasteiger partial charge in [-0.25, -0.2) is 0 Å². The second-order valence-electron chi connectivity index (χ2n) is 7.91. The topological polar surface area (TPSA) is 55.1 Å². The van der Waals surface area contributed by atoms with Crippen LogP contribution in [0.15, 0.2) is 24.3 Å². The van der Waals surface area contributed by atoms with Crippen LogP contribution in [-0.4, -0.2) is 11.4 Å². The molecular formula is C17H25ClN2O. The Bertz CT molecular complexity index is 535. The van der Waals surface area contributed by atoms with Crippen molar-refractivity contribution in [2.75, 3.05) is 5.32 Å². The summed E-state index contributed by atoms with van der Waals surface area (Å²) >= 11 is 6.24. The van der Waals surface area contributed by atoms with Crippen LogP contribution in [0.1, 0.15) is 47.0 Å². The molecule has 0 saturated heterocycles. The SMILES string of the molecule is CC1(C)CC(C)(C)CC(Nc2ccccc2Cl)(C(N)=O)C1. The fourth-order valence-corrected chi connectivity index (χ4v) is 4.44. The van der Waals surface area contributed by atoms with Gasteiger partial charge in [-0.2, -0.15) is 0 Å². The van der Waals surface area contributed by atoms with E-state index in [0.29, 0.717) is 17.9 Å². The molecule has 0 bridgehead atoms. The van der Waals surface area contributed by atoms with Gasteiger partial charge in [-0.1, -0.05) is 51.4 Å². The Morgan fingerprint density at radius 2 is 1.62 bits per heavy atom. The number of para-hydroxylation sites is 1. The third-order valence-corrected chi connectivity index (χ3v) is 4.57. The summed E-state index contributed by atoms with van der Waals surface area (Å²) in [5.74, 6) is -0.303. The van der Waals surface area contributed by atoms with Crippen LogP contribution < -0.4 is 11.1 Å². The number of primary amides is 1. The third kappa shape index (κ3) is 3.52. The molecule has 4 heteroatoms.